The van der Waals surface area contributed by atoms with Crippen molar-refractivity contribution >= 4 is 0 Å². The van der Waals surface area contributed by atoms with Gasteiger partial charge in [-0.05, 0) is 31.2 Å². The van der Waals surface area contributed by atoms with Crippen LogP contribution in [0.4, 0.5) is 0 Å². The number of nitrogens with zero attached hydrogens (tertiary/aromatic N) is 1. The number of ether oxygens (including phenoxy) is 1. The Balaban J connectivity index is 1.68. The minimum Gasteiger partial charge on any atom is -0.370 e. The first kappa shape index (κ1) is 13.6. The van der Waals surface area contributed by atoms with Crippen LogP contribution >= 0.6 is 0 Å². The lowest BCUT2D eigenvalue weighted by molar-refractivity contribution is -0.00650. The number of rotatable bonds is 4. The molecule has 0 bridgehead atoms. The number of imidazole rings is 1. The molecule has 4 heteroatoms. The number of hydrogen-bond acceptors (Lipinski definition) is 3. The largest absolute Gasteiger partial charge is 0.370 e. The van der Waals surface area contributed by atoms with E-state index in [0.29, 0.717) is 11.5 Å². The first-order valence-electron chi connectivity index (χ1n) is 6.88. The molecule has 1 fully saturated rings. The maximum absolute atomic E-state index is 5.88. The van der Waals surface area contributed by atoms with Gasteiger partial charge in [-0.1, -0.05) is 20.8 Å². The second-order valence-electron chi connectivity index (χ2n) is 6.37. The molecular formula is C14H25N3O. The average Bonchev–Trinajstić information content (AvgIpc) is 2.82. The third-order valence-corrected chi connectivity index (χ3v) is 3.45. The summed E-state index contributed by atoms with van der Waals surface area (Å²) in [6, 6.07) is 0.506. The topological polar surface area (TPSA) is 49.9 Å². The van der Waals surface area contributed by atoms with Crippen LogP contribution in [0.5, 0.6) is 0 Å². The first-order valence-corrected chi connectivity index (χ1v) is 6.88. The summed E-state index contributed by atoms with van der Waals surface area (Å²) in [5, 5.41) is 3.59. The molecule has 0 amide bonds. The smallest absolute Gasteiger partial charge is 0.0989 e. The summed E-state index contributed by atoms with van der Waals surface area (Å²) in [6.07, 6.45) is 7.22. The maximum atomic E-state index is 5.88. The Morgan fingerprint density at radius 2 is 2.28 bits per heavy atom. The highest BCUT2D eigenvalue weighted by Gasteiger charge is 2.23. The second kappa shape index (κ2) is 5.85. The van der Waals surface area contributed by atoms with Crippen molar-refractivity contribution in [3.05, 3.63) is 18.2 Å². The Morgan fingerprint density at radius 3 is 2.83 bits per heavy atom. The molecule has 18 heavy (non-hydrogen) atoms. The van der Waals surface area contributed by atoms with Crippen molar-refractivity contribution in [2.24, 2.45) is 5.41 Å². The SMILES string of the molecule is CC(C)(C)CCN[C@@H]1CC[C@@H](c2cnc[nH]2)OC1. The Hall–Kier alpha value is -0.870. The highest BCUT2D eigenvalue weighted by Crippen LogP contribution is 2.26. The standard InChI is InChI=1S/C14H25N3O/c1-14(2,3)6-7-16-11-4-5-13(18-9-11)12-8-15-10-17-12/h8,10-11,13,16H,4-7,9H2,1-3H3,(H,15,17)/t11-,13+/m1/s1. The number of aromatic amines is 1. The summed E-state index contributed by atoms with van der Waals surface area (Å²) in [6.45, 7) is 8.71. The van der Waals surface area contributed by atoms with Gasteiger partial charge in [0.15, 0.2) is 0 Å². The Kier molecular flexibility index (Phi) is 4.40. The van der Waals surface area contributed by atoms with Gasteiger partial charge in [0, 0.05) is 6.04 Å². The molecule has 1 saturated heterocycles. The van der Waals surface area contributed by atoms with Gasteiger partial charge in [-0.15, -0.1) is 0 Å². The van der Waals surface area contributed by atoms with E-state index in [-0.39, 0.29) is 6.10 Å². The highest BCUT2D eigenvalue weighted by atomic mass is 16.5. The van der Waals surface area contributed by atoms with E-state index in [1.165, 1.54) is 12.8 Å². The van der Waals surface area contributed by atoms with Gasteiger partial charge < -0.3 is 15.0 Å². The Labute approximate surface area is 110 Å². The molecule has 1 aliphatic heterocycles. The van der Waals surface area contributed by atoms with Crippen LogP contribution in [0.3, 0.4) is 0 Å². The van der Waals surface area contributed by atoms with E-state index >= 15 is 0 Å². The van der Waals surface area contributed by atoms with Crippen molar-refractivity contribution in [2.45, 2.75) is 52.2 Å². The quantitative estimate of drug-likeness (QED) is 0.865. The van der Waals surface area contributed by atoms with Crippen molar-refractivity contribution in [1.82, 2.24) is 15.3 Å². The van der Waals surface area contributed by atoms with Crippen LogP contribution < -0.4 is 5.32 Å². The fraction of sp³-hybridized carbons (Fsp3) is 0.786. The zero-order chi connectivity index (χ0) is 13.0. The number of aromatic nitrogens is 2. The third-order valence-electron chi connectivity index (χ3n) is 3.45. The Bertz CT molecular complexity index is 334. The molecule has 0 unspecified atom stereocenters. The molecule has 0 saturated carbocycles. The fourth-order valence-electron chi connectivity index (χ4n) is 2.25. The van der Waals surface area contributed by atoms with E-state index < -0.39 is 0 Å². The van der Waals surface area contributed by atoms with E-state index in [1.54, 1.807) is 6.33 Å². The van der Waals surface area contributed by atoms with Crippen molar-refractivity contribution in [1.29, 1.82) is 0 Å². The minimum absolute atomic E-state index is 0.202. The van der Waals surface area contributed by atoms with E-state index in [4.69, 9.17) is 4.74 Å². The molecule has 0 aliphatic carbocycles. The van der Waals surface area contributed by atoms with E-state index in [1.807, 2.05) is 6.20 Å². The van der Waals surface area contributed by atoms with Gasteiger partial charge >= 0.3 is 0 Å². The molecule has 4 nitrogen and oxygen atoms in total. The first-order chi connectivity index (χ1) is 8.54. The van der Waals surface area contributed by atoms with Crippen molar-refractivity contribution in [3.63, 3.8) is 0 Å². The molecular weight excluding hydrogens is 226 g/mol. The molecule has 2 N–H and O–H groups in total. The second-order valence-corrected chi connectivity index (χ2v) is 6.37. The highest BCUT2D eigenvalue weighted by molar-refractivity contribution is 5.01. The van der Waals surface area contributed by atoms with E-state index in [0.717, 1.165) is 25.3 Å². The van der Waals surface area contributed by atoms with Gasteiger partial charge in [0.1, 0.15) is 0 Å². The molecule has 1 aliphatic rings. The Morgan fingerprint density at radius 1 is 1.44 bits per heavy atom. The number of hydrogen-bond donors (Lipinski definition) is 2. The van der Waals surface area contributed by atoms with Gasteiger partial charge in [0.25, 0.3) is 0 Å². The predicted molar refractivity (Wildman–Crippen MR) is 72.4 cm³/mol. The van der Waals surface area contributed by atoms with Gasteiger partial charge in [0.2, 0.25) is 0 Å². The number of nitrogens with one attached hydrogen (secondary N) is 2. The van der Waals surface area contributed by atoms with Gasteiger partial charge in [0.05, 0.1) is 30.9 Å². The van der Waals surface area contributed by atoms with Crippen LogP contribution in [-0.2, 0) is 4.74 Å². The monoisotopic (exact) mass is 251 g/mol. The summed E-state index contributed by atoms with van der Waals surface area (Å²) in [5.41, 5.74) is 1.50. The minimum atomic E-state index is 0.202. The number of H-pyrrole nitrogens is 1. The van der Waals surface area contributed by atoms with E-state index in [2.05, 4.69) is 36.1 Å². The normalized spacial score (nSPS) is 25.3. The van der Waals surface area contributed by atoms with Crippen LogP contribution in [-0.4, -0.2) is 29.2 Å². The lowest BCUT2D eigenvalue weighted by atomic mass is 9.92. The lowest BCUT2D eigenvalue weighted by Gasteiger charge is -2.30. The van der Waals surface area contributed by atoms with Crippen LogP contribution in [0.1, 0.15) is 51.8 Å². The zero-order valence-electron chi connectivity index (χ0n) is 11.7. The van der Waals surface area contributed by atoms with Crippen molar-refractivity contribution in [3.8, 4) is 0 Å². The van der Waals surface area contributed by atoms with Crippen LogP contribution in [0.2, 0.25) is 0 Å². The predicted octanol–water partition coefficient (Wildman–Crippen LogP) is 2.66. The molecule has 1 aromatic heterocycles. The molecule has 2 atom stereocenters. The fourth-order valence-corrected chi connectivity index (χ4v) is 2.25. The molecule has 0 radical (unpaired) electrons. The summed E-state index contributed by atoms with van der Waals surface area (Å²) in [7, 11) is 0. The van der Waals surface area contributed by atoms with E-state index in [9.17, 15) is 0 Å². The van der Waals surface area contributed by atoms with Crippen LogP contribution in [0.25, 0.3) is 0 Å². The molecule has 2 rings (SSSR count). The van der Waals surface area contributed by atoms with Gasteiger partial charge in [-0.25, -0.2) is 4.98 Å². The van der Waals surface area contributed by atoms with Crippen molar-refractivity contribution < 1.29 is 4.74 Å². The summed E-state index contributed by atoms with van der Waals surface area (Å²) in [5.74, 6) is 0. The summed E-state index contributed by atoms with van der Waals surface area (Å²) < 4.78 is 5.88. The lowest BCUT2D eigenvalue weighted by Crippen LogP contribution is -2.39. The van der Waals surface area contributed by atoms with Crippen molar-refractivity contribution in [2.75, 3.05) is 13.2 Å². The van der Waals surface area contributed by atoms with Gasteiger partial charge in [-0.3, -0.25) is 0 Å². The molecule has 102 valence electrons. The molecule has 2 heterocycles. The summed E-state index contributed by atoms with van der Waals surface area (Å²) in [4.78, 5) is 7.17. The summed E-state index contributed by atoms with van der Waals surface area (Å²) >= 11 is 0. The van der Waals surface area contributed by atoms with Gasteiger partial charge in [-0.2, -0.15) is 0 Å². The molecule has 0 spiro atoms. The average molecular weight is 251 g/mol. The molecule has 0 aromatic carbocycles. The zero-order valence-corrected chi connectivity index (χ0v) is 11.7. The molecule has 1 aromatic rings. The van der Waals surface area contributed by atoms with Crippen LogP contribution in [0.15, 0.2) is 12.5 Å². The maximum Gasteiger partial charge on any atom is 0.0989 e. The third kappa shape index (κ3) is 4.10. The van der Waals surface area contributed by atoms with Crippen LogP contribution in [0, 0.1) is 5.41 Å².